The van der Waals surface area contributed by atoms with Gasteiger partial charge in [-0.1, -0.05) is 49.7 Å². The summed E-state index contributed by atoms with van der Waals surface area (Å²) in [6.07, 6.45) is 2.03. The molecule has 0 bridgehead atoms. The zero-order valence-electron chi connectivity index (χ0n) is 17.9. The number of carbonyl (C=O) groups is 2. The van der Waals surface area contributed by atoms with Gasteiger partial charge in [0.25, 0.3) is 11.8 Å². The van der Waals surface area contributed by atoms with Crippen LogP contribution in [0, 0.1) is 0 Å². The van der Waals surface area contributed by atoms with E-state index in [0.29, 0.717) is 29.2 Å². The zero-order chi connectivity index (χ0) is 22.1. The first-order valence-corrected chi connectivity index (χ1v) is 10.6. The lowest BCUT2D eigenvalue weighted by atomic mass is 10.1. The average Bonchev–Trinajstić information content (AvgIpc) is 2.80. The van der Waals surface area contributed by atoms with Gasteiger partial charge in [0.2, 0.25) is 0 Å². The molecule has 160 valence electrons. The van der Waals surface area contributed by atoms with Crippen molar-refractivity contribution in [3.8, 4) is 5.75 Å². The van der Waals surface area contributed by atoms with Crippen molar-refractivity contribution >= 4 is 17.5 Å². The summed E-state index contributed by atoms with van der Waals surface area (Å²) in [5.41, 5.74) is 2.72. The van der Waals surface area contributed by atoms with Gasteiger partial charge in [-0.15, -0.1) is 0 Å². The predicted molar refractivity (Wildman–Crippen MR) is 124 cm³/mol. The second-order valence-corrected chi connectivity index (χ2v) is 7.37. The van der Waals surface area contributed by atoms with E-state index in [2.05, 4.69) is 17.6 Å². The van der Waals surface area contributed by atoms with E-state index in [1.54, 1.807) is 42.5 Å². The molecule has 5 heteroatoms. The van der Waals surface area contributed by atoms with E-state index in [1.165, 1.54) is 0 Å². The van der Waals surface area contributed by atoms with Crippen LogP contribution in [0.15, 0.2) is 78.9 Å². The molecule has 3 rings (SSSR count). The third-order valence-corrected chi connectivity index (χ3v) is 4.91. The number of carbonyl (C=O) groups excluding carboxylic acids is 2. The number of benzene rings is 3. The molecule has 0 saturated heterocycles. The number of ether oxygens (including phenoxy) is 1. The molecule has 0 aliphatic carbocycles. The van der Waals surface area contributed by atoms with Gasteiger partial charge in [0.1, 0.15) is 5.75 Å². The Morgan fingerprint density at radius 2 is 1.61 bits per heavy atom. The molecule has 3 aromatic carbocycles. The minimum Gasteiger partial charge on any atom is -0.494 e. The maximum absolute atomic E-state index is 12.6. The van der Waals surface area contributed by atoms with Crippen LogP contribution >= 0.6 is 0 Å². The van der Waals surface area contributed by atoms with Gasteiger partial charge < -0.3 is 15.4 Å². The summed E-state index contributed by atoms with van der Waals surface area (Å²) in [5.74, 6) is 0.294. The monoisotopic (exact) mass is 416 g/mol. The molecule has 5 nitrogen and oxygen atoms in total. The summed E-state index contributed by atoms with van der Waals surface area (Å²) in [7, 11) is 0. The highest BCUT2D eigenvalue weighted by Crippen LogP contribution is 2.17. The van der Waals surface area contributed by atoms with Crippen molar-refractivity contribution in [3.05, 3.63) is 95.6 Å². The fourth-order valence-electron chi connectivity index (χ4n) is 3.07. The Kier molecular flexibility index (Phi) is 7.82. The summed E-state index contributed by atoms with van der Waals surface area (Å²) in [5, 5.41) is 5.84. The van der Waals surface area contributed by atoms with Crippen LogP contribution in [0.25, 0.3) is 0 Å². The topological polar surface area (TPSA) is 67.4 Å². The van der Waals surface area contributed by atoms with Crippen molar-refractivity contribution in [2.45, 2.75) is 32.7 Å². The molecule has 1 unspecified atom stereocenters. The molecule has 0 heterocycles. The van der Waals surface area contributed by atoms with Gasteiger partial charge >= 0.3 is 0 Å². The number of amides is 2. The Balaban J connectivity index is 1.58. The first-order valence-electron chi connectivity index (χ1n) is 10.6. The molecule has 0 aliphatic rings. The first kappa shape index (κ1) is 22.1. The summed E-state index contributed by atoms with van der Waals surface area (Å²) in [6.45, 7) is 4.68. The summed E-state index contributed by atoms with van der Waals surface area (Å²) >= 11 is 0. The quantitative estimate of drug-likeness (QED) is 0.446. The standard InChI is InChI=1S/C26H28N2O3/c1-3-4-17-31-24-12-8-11-22(18-24)26(30)28-23-15-13-21(14-16-23)25(29)27-19(2)20-9-6-5-7-10-20/h5-16,18-19H,3-4,17H2,1-2H3,(H,27,29)(H,28,30). The maximum Gasteiger partial charge on any atom is 0.255 e. The second kappa shape index (κ2) is 11.0. The third kappa shape index (κ3) is 6.44. The van der Waals surface area contributed by atoms with Gasteiger partial charge in [-0.2, -0.15) is 0 Å². The lowest BCUT2D eigenvalue weighted by Crippen LogP contribution is -2.26. The van der Waals surface area contributed by atoms with Crippen molar-refractivity contribution < 1.29 is 14.3 Å². The van der Waals surface area contributed by atoms with E-state index in [9.17, 15) is 9.59 Å². The van der Waals surface area contributed by atoms with Crippen molar-refractivity contribution in [1.82, 2.24) is 5.32 Å². The van der Waals surface area contributed by atoms with Crippen LogP contribution < -0.4 is 15.4 Å². The van der Waals surface area contributed by atoms with Gasteiger partial charge in [0.15, 0.2) is 0 Å². The molecule has 0 spiro atoms. The number of anilines is 1. The minimum absolute atomic E-state index is 0.0973. The van der Waals surface area contributed by atoms with Crippen LogP contribution in [0.5, 0.6) is 5.75 Å². The first-order chi connectivity index (χ1) is 15.1. The molecule has 0 radical (unpaired) electrons. The Hall–Kier alpha value is -3.60. The number of nitrogens with one attached hydrogen (secondary N) is 2. The summed E-state index contributed by atoms with van der Waals surface area (Å²) < 4.78 is 5.67. The Morgan fingerprint density at radius 1 is 0.871 bits per heavy atom. The van der Waals surface area contributed by atoms with Crippen molar-refractivity contribution in [1.29, 1.82) is 0 Å². The van der Waals surface area contributed by atoms with Crippen LogP contribution in [-0.2, 0) is 0 Å². The predicted octanol–water partition coefficient (Wildman–Crippen LogP) is 5.61. The van der Waals surface area contributed by atoms with Crippen molar-refractivity contribution in [3.63, 3.8) is 0 Å². The van der Waals surface area contributed by atoms with Crippen LogP contribution in [-0.4, -0.2) is 18.4 Å². The van der Waals surface area contributed by atoms with Crippen LogP contribution in [0.1, 0.15) is 59.0 Å². The highest BCUT2D eigenvalue weighted by molar-refractivity contribution is 6.04. The molecular formula is C26H28N2O3. The molecule has 3 aromatic rings. The van der Waals surface area contributed by atoms with E-state index in [0.717, 1.165) is 18.4 Å². The number of hydrogen-bond donors (Lipinski definition) is 2. The van der Waals surface area contributed by atoms with Gasteiger partial charge in [0.05, 0.1) is 12.6 Å². The number of hydrogen-bond acceptors (Lipinski definition) is 3. The third-order valence-electron chi connectivity index (χ3n) is 4.91. The number of rotatable bonds is 9. The van der Waals surface area contributed by atoms with Gasteiger partial charge in [-0.3, -0.25) is 9.59 Å². The SMILES string of the molecule is CCCCOc1cccc(C(=O)Nc2ccc(C(=O)NC(C)c3ccccc3)cc2)c1. The molecule has 1 atom stereocenters. The van der Waals surface area contributed by atoms with Gasteiger partial charge in [-0.05, 0) is 61.4 Å². The molecule has 0 aliphatic heterocycles. The largest absolute Gasteiger partial charge is 0.494 e. The molecular weight excluding hydrogens is 388 g/mol. The van der Waals surface area contributed by atoms with Crippen LogP contribution in [0.4, 0.5) is 5.69 Å². The Bertz CT molecular complexity index is 1000. The smallest absolute Gasteiger partial charge is 0.255 e. The van der Waals surface area contributed by atoms with E-state index < -0.39 is 0 Å². The molecule has 2 amide bonds. The molecule has 0 fully saturated rings. The molecule has 31 heavy (non-hydrogen) atoms. The van der Waals surface area contributed by atoms with E-state index in [1.807, 2.05) is 43.3 Å². The van der Waals surface area contributed by atoms with Crippen LogP contribution in [0.2, 0.25) is 0 Å². The lowest BCUT2D eigenvalue weighted by Gasteiger charge is -2.14. The summed E-state index contributed by atoms with van der Waals surface area (Å²) in [6, 6.07) is 23.7. The average molecular weight is 417 g/mol. The fraction of sp³-hybridized carbons (Fsp3) is 0.231. The lowest BCUT2D eigenvalue weighted by molar-refractivity contribution is 0.0939. The normalized spacial score (nSPS) is 11.4. The number of unbranched alkanes of at least 4 members (excludes halogenated alkanes) is 1. The van der Waals surface area contributed by atoms with E-state index in [4.69, 9.17) is 4.74 Å². The molecule has 2 N–H and O–H groups in total. The van der Waals surface area contributed by atoms with Crippen LogP contribution in [0.3, 0.4) is 0 Å². The molecule has 0 saturated carbocycles. The fourth-order valence-corrected chi connectivity index (χ4v) is 3.07. The highest BCUT2D eigenvalue weighted by atomic mass is 16.5. The van der Waals surface area contributed by atoms with Crippen molar-refractivity contribution in [2.75, 3.05) is 11.9 Å². The maximum atomic E-state index is 12.6. The second-order valence-electron chi connectivity index (χ2n) is 7.37. The Morgan fingerprint density at radius 3 is 2.32 bits per heavy atom. The highest BCUT2D eigenvalue weighted by Gasteiger charge is 2.12. The summed E-state index contributed by atoms with van der Waals surface area (Å²) in [4.78, 5) is 25.1. The van der Waals surface area contributed by atoms with E-state index in [-0.39, 0.29) is 17.9 Å². The zero-order valence-corrected chi connectivity index (χ0v) is 17.9. The van der Waals surface area contributed by atoms with Gasteiger partial charge in [-0.25, -0.2) is 0 Å². The Labute approximate surface area is 183 Å². The van der Waals surface area contributed by atoms with E-state index >= 15 is 0 Å². The van der Waals surface area contributed by atoms with Gasteiger partial charge in [0, 0.05) is 16.8 Å². The molecule has 0 aromatic heterocycles. The minimum atomic E-state index is -0.226. The van der Waals surface area contributed by atoms with Crippen molar-refractivity contribution in [2.24, 2.45) is 0 Å².